The van der Waals surface area contributed by atoms with Crippen LogP contribution in [-0.2, 0) is 28.6 Å². The van der Waals surface area contributed by atoms with Crippen molar-refractivity contribution in [2.75, 3.05) is 13.2 Å². The van der Waals surface area contributed by atoms with Gasteiger partial charge in [0.1, 0.15) is 13.2 Å². The first-order valence-corrected chi connectivity index (χ1v) is 30.1. The molecule has 0 aliphatic rings. The van der Waals surface area contributed by atoms with Crippen LogP contribution in [0, 0.1) is 17.8 Å². The van der Waals surface area contributed by atoms with Crippen LogP contribution in [0.4, 0.5) is 0 Å². The third-order valence-corrected chi connectivity index (χ3v) is 13.9. The van der Waals surface area contributed by atoms with E-state index in [0.29, 0.717) is 19.3 Å². The van der Waals surface area contributed by atoms with Crippen molar-refractivity contribution in [3.05, 3.63) is 0 Å². The van der Waals surface area contributed by atoms with Crippen molar-refractivity contribution < 1.29 is 28.6 Å². The Morgan fingerprint density at radius 1 is 0.254 bits per heavy atom. The number of carbonyl (C=O) groups excluding carboxylic acids is 3. The fourth-order valence-corrected chi connectivity index (χ4v) is 9.35. The van der Waals surface area contributed by atoms with E-state index in [1.54, 1.807) is 0 Å². The molecule has 0 radical (unpaired) electrons. The van der Waals surface area contributed by atoms with Crippen LogP contribution >= 0.6 is 0 Å². The van der Waals surface area contributed by atoms with E-state index in [2.05, 4.69) is 41.5 Å². The van der Waals surface area contributed by atoms with Crippen LogP contribution in [0.2, 0.25) is 0 Å². The second-order valence-electron chi connectivity index (χ2n) is 22.4. The fraction of sp³-hybridized carbons (Fsp3) is 0.951. The van der Waals surface area contributed by atoms with Crippen molar-refractivity contribution in [1.29, 1.82) is 0 Å². The number of esters is 3. The third-order valence-electron chi connectivity index (χ3n) is 13.9. The quantitative estimate of drug-likeness (QED) is 0.0343. The molecule has 0 spiro atoms. The van der Waals surface area contributed by atoms with Gasteiger partial charge >= 0.3 is 17.9 Å². The highest BCUT2D eigenvalue weighted by molar-refractivity contribution is 5.71. The monoisotopic (exact) mass is 947 g/mol. The minimum atomic E-state index is -0.764. The summed E-state index contributed by atoms with van der Waals surface area (Å²) in [6.45, 7) is 13.8. The Kier molecular flexibility index (Phi) is 51.0. The fourth-order valence-electron chi connectivity index (χ4n) is 9.35. The molecule has 0 amide bonds. The average Bonchev–Trinajstić information content (AvgIpc) is 3.29. The highest BCUT2D eigenvalue weighted by atomic mass is 16.6. The summed E-state index contributed by atoms with van der Waals surface area (Å²) < 4.78 is 16.9. The van der Waals surface area contributed by atoms with Crippen LogP contribution in [0.25, 0.3) is 0 Å². The molecule has 0 aromatic rings. The minimum Gasteiger partial charge on any atom is -0.462 e. The van der Waals surface area contributed by atoms with Crippen molar-refractivity contribution in [1.82, 2.24) is 0 Å². The number of hydrogen-bond acceptors (Lipinski definition) is 6. The largest absolute Gasteiger partial charge is 0.462 e. The van der Waals surface area contributed by atoms with Crippen molar-refractivity contribution in [2.24, 2.45) is 17.8 Å². The lowest BCUT2D eigenvalue weighted by atomic mass is 10.0. The van der Waals surface area contributed by atoms with Gasteiger partial charge < -0.3 is 14.2 Å². The smallest absolute Gasteiger partial charge is 0.306 e. The summed E-state index contributed by atoms with van der Waals surface area (Å²) in [5.41, 5.74) is 0. The lowest BCUT2D eigenvalue weighted by Crippen LogP contribution is -2.30. The summed E-state index contributed by atoms with van der Waals surface area (Å²) in [4.78, 5) is 38.2. The Hall–Kier alpha value is -1.59. The summed E-state index contributed by atoms with van der Waals surface area (Å²) in [5, 5.41) is 0. The average molecular weight is 948 g/mol. The highest BCUT2D eigenvalue weighted by Crippen LogP contribution is 2.19. The zero-order chi connectivity index (χ0) is 49.1. The molecule has 0 saturated carbocycles. The van der Waals surface area contributed by atoms with Gasteiger partial charge in [0.2, 0.25) is 0 Å². The summed E-state index contributed by atoms with van der Waals surface area (Å²) in [6, 6.07) is 0. The summed E-state index contributed by atoms with van der Waals surface area (Å²) >= 11 is 0. The first-order valence-electron chi connectivity index (χ1n) is 30.1. The van der Waals surface area contributed by atoms with Gasteiger partial charge in [-0.2, -0.15) is 0 Å². The zero-order valence-electron chi connectivity index (χ0n) is 46.2. The molecule has 0 N–H and O–H groups in total. The molecule has 0 aromatic heterocycles. The first kappa shape index (κ1) is 65.4. The molecule has 0 bridgehead atoms. The normalized spacial score (nSPS) is 12.1. The van der Waals surface area contributed by atoms with E-state index in [1.165, 1.54) is 218 Å². The molecular formula is C61H118O6. The zero-order valence-corrected chi connectivity index (χ0v) is 46.2. The maximum Gasteiger partial charge on any atom is 0.306 e. The summed E-state index contributed by atoms with van der Waals surface area (Å²) in [5.74, 6) is 1.67. The number of carbonyl (C=O) groups is 3. The van der Waals surface area contributed by atoms with E-state index < -0.39 is 6.10 Å². The minimum absolute atomic E-state index is 0.0634. The molecule has 0 aliphatic heterocycles. The standard InChI is InChI=1S/C61H118O6/c1-55(2)47-41-35-29-23-17-13-11-9-7-8-10-12-14-20-28-34-40-46-52-61(64)67-58(54-66-60(63)51-45-39-33-27-22-21-25-31-37-43-49-57(5)6)53-65-59(62)50-44-38-32-26-19-16-15-18-24-30-36-42-48-56(3)4/h55-58H,7-54H2,1-6H3/t58-/m1/s1. The summed E-state index contributed by atoms with van der Waals surface area (Å²) in [6.07, 6.45) is 55.3. The highest BCUT2D eigenvalue weighted by Gasteiger charge is 2.19. The van der Waals surface area contributed by atoms with Crippen molar-refractivity contribution in [2.45, 2.75) is 343 Å². The van der Waals surface area contributed by atoms with Gasteiger partial charge in [-0.05, 0) is 37.0 Å². The predicted molar refractivity (Wildman–Crippen MR) is 289 cm³/mol. The third kappa shape index (κ3) is 55.2. The van der Waals surface area contributed by atoms with Gasteiger partial charge in [0.15, 0.2) is 6.10 Å². The number of hydrogen-bond donors (Lipinski definition) is 0. The number of ether oxygens (including phenoxy) is 3. The molecule has 67 heavy (non-hydrogen) atoms. The van der Waals surface area contributed by atoms with Gasteiger partial charge in [-0.1, -0.05) is 298 Å². The van der Waals surface area contributed by atoms with Crippen LogP contribution in [0.15, 0.2) is 0 Å². The lowest BCUT2D eigenvalue weighted by molar-refractivity contribution is -0.167. The Morgan fingerprint density at radius 2 is 0.433 bits per heavy atom. The van der Waals surface area contributed by atoms with Crippen LogP contribution in [-0.4, -0.2) is 37.2 Å². The molecule has 398 valence electrons. The molecule has 6 heteroatoms. The molecule has 0 aromatic carbocycles. The van der Waals surface area contributed by atoms with E-state index >= 15 is 0 Å². The van der Waals surface area contributed by atoms with Gasteiger partial charge in [0, 0.05) is 19.3 Å². The van der Waals surface area contributed by atoms with Crippen molar-refractivity contribution in [3.63, 3.8) is 0 Å². The summed E-state index contributed by atoms with van der Waals surface area (Å²) in [7, 11) is 0. The number of rotatable bonds is 54. The SMILES string of the molecule is CC(C)CCCCCCCCCCCCCCCCCCCCC(=O)O[C@H](COC(=O)CCCCCCCCCCCCCCC(C)C)COC(=O)CCCCCCCCCCCCC(C)C. The Balaban J connectivity index is 4.27. The first-order chi connectivity index (χ1) is 32.6. The second-order valence-corrected chi connectivity index (χ2v) is 22.4. The van der Waals surface area contributed by atoms with Crippen LogP contribution < -0.4 is 0 Å². The van der Waals surface area contributed by atoms with E-state index in [1.807, 2.05) is 0 Å². The molecular weight excluding hydrogens is 829 g/mol. The number of unbranched alkanes of at least 4 members (excludes halogenated alkanes) is 37. The Morgan fingerprint density at radius 3 is 0.642 bits per heavy atom. The Labute approximate surface area is 418 Å². The second kappa shape index (κ2) is 52.2. The van der Waals surface area contributed by atoms with Crippen molar-refractivity contribution in [3.8, 4) is 0 Å². The molecule has 0 rings (SSSR count). The molecule has 6 nitrogen and oxygen atoms in total. The molecule has 0 heterocycles. The Bertz CT molecular complexity index is 1040. The van der Waals surface area contributed by atoms with E-state index in [0.717, 1.165) is 75.5 Å². The topological polar surface area (TPSA) is 78.9 Å². The van der Waals surface area contributed by atoms with Crippen LogP contribution in [0.1, 0.15) is 337 Å². The molecule has 0 aliphatic carbocycles. The van der Waals surface area contributed by atoms with Crippen LogP contribution in [0.3, 0.4) is 0 Å². The molecule has 0 saturated heterocycles. The lowest BCUT2D eigenvalue weighted by Gasteiger charge is -2.18. The predicted octanol–water partition coefficient (Wildman–Crippen LogP) is 19.9. The van der Waals surface area contributed by atoms with Gasteiger partial charge in [0.25, 0.3) is 0 Å². The van der Waals surface area contributed by atoms with Gasteiger partial charge in [-0.25, -0.2) is 0 Å². The van der Waals surface area contributed by atoms with E-state index in [9.17, 15) is 14.4 Å². The maximum atomic E-state index is 12.9. The maximum absolute atomic E-state index is 12.9. The van der Waals surface area contributed by atoms with Crippen LogP contribution in [0.5, 0.6) is 0 Å². The van der Waals surface area contributed by atoms with E-state index in [4.69, 9.17) is 14.2 Å². The molecule has 0 fully saturated rings. The van der Waals surface area contributed by atoms with Gasteiger partial charge in [0.05, 0.1) is 0 Å². The molecule has 0 unspecified atom stereocenters. The van der Waals surface area contributed by atoms with Crippen molar-refractivity contribution >= 4 is 17.9 Å². The molecule has 1 atom stereocenters. The van der Waals surface area contributed by atoms with E-state index in [-0.39, 0.29) is 31.1 Å². The van der Waals surface area contributed by atoms with Gasteiger partial charge in [-0.15, -0.1) is 0 Å². The van der Waals surface area contributed by atoms with Gasteiger partial charge in [-0.3, -0.25) is 14.4 Å².